The molecule has 0 radical (unpaired) electrons. The van der Waals surface area contributed by atoms with E-state index in [2.05, 4.69) is 9.97 Å². The number of aromatic amines is 1. The van der Waals surface area contributed by atoms with Crippen LogP contribution in [0.15, 0.2) is 40.0 Å². The third kappa shape index (κ3) is 3.10. The molecular formula is C12H12N2O2S. The van der Waals surface area contributed by atoms with Crippen LogP contribution in [0.5, 0.6) is 5.88 Å². The van der Waals surface area contributed by atoms with Gasteiger partial charge in [0.05, 0.1) is 11.8 Å². The minimum Gasteiger partial charge on any atom is -0.493 e. The number of nitrogens with one attached hydrogen (secondary N) is 1. The van der Waals surface area contributed by atoms with Crippen LogP contribution in [0.1, 0.15) is 11.4 Å². The maximum Gasteiger partial charge on any atom is 0.254 e. The molecular weight excluding hydrogens is 236 g/mol. The molecule has 2 aromatic rings. The Kier molecular flexibility index (Phi) is 3.49. The van der Waals surface area contributed by atoms with Gasteiger partial charge in [0.15, 0.2) is 0 Å². The van der Waals surface area contributed by atoms with E-state index >= 15 is 0 Å². The van der Waals surface area contributed by atoms with Crippen molar-refractivity contribution in [3.63, 3.8) is 0 Å². The minimum atomic E-state index is -0.335. The minimum absolute atomic E-state index is 0.242. The molecule has 2 rings (SSSR count). The van der Waals surface area contributed by atoms with E-state index in [4.69, 9.17) is 0 Å². The number of aryl methyl sites for hydroxylation is 1. The molecule has 0 atom stereocenters. The largest absolute Gasteiger partial charge is 0.493 e. The van der Waals surface area contributed by atoms with Gasteiger partial charge >= 0.3 is 0 Å². The van der Waals surface area contributed by atoms with Gasteiger partial charge in [0.25, 0.3) is 5.56 Å². The molecule has 1 aromatic carbocycles. The van der Waals surface area contributed by atoms with Crippen LogP contribution in [0.4, 0.5) is 0 Å². The maximum atomic E-state index is 11.1. The average Bonchev–Trinajstić information content (AvgIpc) is 2.27. The highest BCUT2D eigenvalue weighted by Gasteiger charge is 2.02. The molecule has 17 heavy (non-hydrogen) atoms. The summed E-state index contributed by atoms with van der Waals surface area (Å²) < 4.78 is 0. The fourth-order valence-electron chi connectivity index (χ4n) is 1.43. The molecule has 0 amide bonds. The number of thioether (sulfide) groups is 1. The maximum absolute atomic E-state index is 11.1. The number of H-pyrrole nitrogens is 1. The Labute approximate surface area is 103 Å². The first-order valence-corrected chi connectivity index (χ1v) is 6.11. The number of benzene rings is 1. The lowest BCUT2D eigenvalue weighted by molar-refractivity contribution is 0.449. The van der Waals surface area contributed by atoms with E-state index in [1.54, 1.807) is 11.8 Å². The van der Waals surface area contributed by atoms with Crippen molar-refractivity contribution in [2.75, 3.05) is 0 Å². The van der Waals surface area contributed by atoms with Gasteiger partial charge in [0.1, 0.15) is 5.82 Å². The first-order valence-electron chi connectivity index (χ1n) is 5.13. The Bertz CT molecular complexity index is 581. The van der Waals surface area contributed by atoms with Gasteiger partial charge in [0, 0.05) is 4.90 Å². The summed E-state index contributed by atoms with van der Waals surface area (Å²) in [5.41, 5.74) is 0.845. The quantitative estimate of drug-likeness (QED) is 0.816. The number of hydrogen-bond acceptors (Lipinski definition) is 4. The molecule has 1 heterocycles. The Balaban J connectivity index is 2.13. The lowest BCUT2D eigenvalue weighted by Crippen LogP contribution is -2.08. The van der Waals surface area contributed by atoms with E-state index < -0.39 is 0 Å². The highest BCUT2D eigenvalue weighted by molar-refractivity contribution is 7.98. The predicted octanol–water partition coefficient (Wildman–Crippen LogP) is 2.08. The number of hydrogen-bond donors (Lipinski definition) is 2. The summed E-state index contributed by atoms with van der Waals surface area (Å²) in [4.78, 5) is 18.7. The Morgan fingerprint density at radius 2 is 2.18 bits per heavy atom. The van der Waals surface area contributed by atoms with E-state index in [0.717, 1.165) is 11.0 Å². The van der Waals surface area contributed by atoms with E-state index in [1.807, 2.05) is 31.2 Å². The van der Waals surface area contributed by atoms with E-state index in [1.165, 1.54) is 5.56 Å². The van der Waals surface area contributed by atoms with Crippen molar-refractivity contribution in [1.82, 2.24) is 9.97 Å². The van der Waals surface area contributed by atoms with Crippen LogP contribution in [0.2, 0.25) is 0 Å². The molecule has 2 N–H and O–H groups in total. The molecule has 0 bridgehead atoms. The summed E-state index contributed by atoms with van der Waals surface area (Å²) in [6.45, 7) is 2.03. The SMILES string of the molecule is Cc1ccccc1SCc1nc(O)cc(=O)[nH]1. The van der Waals surface area contributed by atoms with Crippen molar-refractivity contribution in [3.8, 4) is 5.88 Å². The van der Waals surface area contributed by atoms with Crippen LogP contribution < -0.4 is 5.56 Å². The molecule has 0 spiro atoms. The average molecular weight is 248 g/mol. The highest BCUT2D eigenvalue weighted by Crippen LogP contribution is 2.24. The van der Waals surface area contributed by atoms with Crippen LogP contribution in [-0.4, -0.2) is 15.1 Å². The summed E-state index contributed by atoms with van der Waals surface area (Å²) in [6.07, 6.45) is 0. The van der Waals surface area contributed by atoms with Crippen molar-refractivity contribution < 1.29 is 5.11 Å². The molecule has 5 heteroatoms. The van der Waals surface area contributed by atoms with Crippen LogP contribution >= 0.6 is 11.8 Å². The summed E-state index contributed by atoms with van der Waals surface area (Å²) in [6, 6.07) is 9.05. The van der Waals surface area contributed by atoms with Crippen molar-refractivity contribution >= 4 is 11.8 Å². The molecule has 0 fully saturated rings. The molecule has 4 nitrogen and oxygen atoms in total. The standard InChI is InChI=1S/C12H12N2O2S/c1-8-4-2-3-5-9(8)17-7-10-13-11(15)6-12(16)14-10/h2-6H,7H2,1H3,(H2,13,14,15,16). The molecule has 0 aliphatic rings. The van der Waals surface area contributed by atoms with Crippen LogP contribution in [-0.2, 0) is 5.75 Å². The first kappa shape index (κ1) is 11.7. The fourth-order valence-corrected chi connectivity index (χ4v) is 2.33. The second-order valence-corrected chi connectivity index (χ2v) is 4.62. The van der Waals surface area contributed by atoms with Gasteiger partial charge in [0.2, 0.25) is 5.88 Å². The van der Waals surface area contributed by atoms with Gasteiger partial charge in [-0.1, -0.05) is 18.2 Å². The molecule has 0 unspecified atom stereocenters. The summed E-state index contributed by atoms with van der Waals surface area (Å²) in [5, 5.41) is 9.21. The number of rotatable bonds is 3. The van der Waals surface area contributed by atoms with Gasteiger partial charge in [-0.25, -0.2) is 0 Å². The molecule has 0 aliphatic carbocycles. The van der Waals surface area contributed by atoms with E-state index in [9.17, 15) is 9.90 Å². The Morgan fingerprint density at radius 1 is 1.41 bits per heavy atom. The lowest BCUT2D eigenvalue weighted by atomic mass is 10.2. The Morgan fingerprint density at radius 3 is 2.88 bits per heavy atom. The third-order valence-corrected chi connectivity index (χ3v) is 3.42. The summed E-state index contributed by atoms with van der Waals surface area (Å²) in [7, 11) is 0. The molecule has 0 saturated carbocycles. The second-order valence-electron chi connectivity index (χ2n) is 3.60. The Hall–Kier alpha value is -1.75. The van der Waals surface area contributed by atoms with Gasteiger partial charge in [-0.3, -0.25) is 4.79 Å². The van der Waals surface area contributed by atoms with Gasteiger partial charge in [-0.05, 0) is 18.6 Å². The number of aromatic hydroxyl groups is 1. The summed E-state index contributed by atoms with van der Waals surface area (Å²) >= 11 is 1.57. The molecule has 88 valence electrons. The number of aromatic nitrogens is 2. The first-order chi connectivity index (χ1) is 8.15. The van der Waals surface area contributed by atoms with Gasteiger partial charge in [-0.15, -0.1) is 11.8 Å². The van der Waals surface area contributed by atoms with E-state index in [0.29, 0.717) is 11.6 Å². The van der Waals surface area contributed by atoms with Crippen molar-refractivity contribution in [2.24, 2.45) is 0 Å². The summed E-state index contributed by atoms with van der Waals surface area (Å²) in [5.74, 6) is 0.756. The van der Waals surface area contributed by atoms with Gasteiger partial charge in [-0.2, -0.15) is 4.98 Å². The molecule has 0 aliphatic heterocycles. The van der Waals surface area contributed by atoms with E-state index in [-0.39, 0.29) is 11.4 Å². The van der Waals surface area contributed by atoms with Gasteiger partial charge < -0.3 is 10.1 Å². The zero-order chi connectivity index (χ0) is 12.3. The number of nitrogens with zero attached hydrogens (tertiary/aromatic N) is 1. The topological polar surface area (TPSA) is 66.0 Å². The molecule has 0 saturated heterocycles. The van der Waals surface area contributed by atoms with Crippen LogP contribution in [0.3, 0.4) is 0 Å². The second kappa shape index (κ2) is 5.05. The third-order valence-electron chi connectivity index (χ3n) is 2.24. The monoisotopic (exact) mass is 248 g/mol. The van der Waals surface area contributed by atoms with Crippen LogP contribution in [0.25, 0.3) is 0 Å². The van der Waals surface area contributed by atoms with Crippen molar-refractivity contribution in [1.29, 1.82) is 0 Å². The lowest BCUT2D eigenvalue weighted by Gasteiger charge is -2.04. The highest BCUT2D eigenvalue weighted by atomic mass is 32.2. The zero-order valence-corrected chi connectivity index (χ0v) is 10.1. The normalized spacial score (nSPS) is 10.4. The molecule has 1 aromatic heterocycles. The van der Waals surface area contributed by atoms with Crippen LogP contribution in [0, 0.1) is 6.92 Å². The zero-order valence-electron chi connectivity index (χ0n) is 9.30. The predicted molar refractivity (Wildman–Crippen MR) is 67.3 cm³/mol. The fraction of sp³-hybridized carbons (Fsp3) is 0.167. The smallest absolute Gasteiger partial charge is 0.254 e. The van der Waals surface area contributed by atoms with Crippen molar-refractivity contribution in [3.05, 3.63) is 52.1 Å². The van der Waals surface area contributed by atoms with Crippen molar-refractivity contribution in [2.45, 2.75) is 17.6 Å².